The SMILES string of the molecule is CCC(NCc1c(C)c2ccccc2n1C)C(C)C. The van der Waals surface area contributed by atoms with E-state index in [1.54, 1.807) is 0 Å². The van der Waals surface area contributed by atoms with Gasteiger partial charge in [0.05, 0.1) is 0 Å². The van der Waals surface area contributed by atoms with Crippen molar-refractivity contribution in [2.24, 2.45) is 13.0 Å². The van der Waals surface area contributed by atoms with Crippen LogP contribution in [0, 0.1) is 12.8 Å². The first-order valence-corrected chi connectivity index (χ1v) is 7.32. The second-order valence-corrected chi connectivity index (χ2v) is 5.79. The molecule has 0 spiro atoms. The van der Waals surface area contributed by atoms with Gasteiger partial charge in [0.1, 0.15) is 0 Å². The quantitative estimate of drug-likeness (QED) is 0.857. The maximum Gasteiger partial charge on any atom is 0.0483 e. The molecule has 2 nitrogen and oxygen atoms in total. The van der Waals surface area contributed by atoms with Crippen molar-refractivity contribution in [3.05, 3.63) is 35.5 Å². The Hall–Kier alpha value is -1.28. The molecule has 2 heteroatoms. The van der Waals surface area contributed by atoms with Gasteiger partial charge in [-0.15, -0.1) is 0 Å². The van der Waals surface area contributed by atoms with E-state index >= 15 is 0 Å². The monoisotopic (exact) mass is 258 g/mol. The van der Waals surface area contributed by atoms with Crippen LogP contribution in [0.25, 0.3) is 10.9 Å². The summed E-state index contributed by atoms with van der Waals surface area (Å²) in [5.41, 5.74) is 4.14. The molecule has 0 aliphatic carbocycles. The lowest BCUT2D eigenvalue weighted by molar-refractivity contribution is 0.383. The molecule has 1 aromatic heterocycles. The minimum Gasteiger partial charge on any atom is -0.346 e. The number of benzene rings is 1. The summed E-state index contributed by atoms with van der Waals surface area (Å²) in [5, 5.41) is 5.08. The zero-order chi connectivity index (χ0) is 14.0. The molecule has 0 bridgehead atoms. The molecule has 1 atom stereocenters. The molecule has 104 valence electrons. The standard InChI is InChI=1S/C17H26N2/c1-6-15(12(2)3)18-11-17-13(4)14-9-7-8-10-16(14)19(17)5/h7-10,12,15,18H,6,11H2,1-5H3. The summed E-state index contributed by atoms with van der Waals surface area (Å²) in [7, 11) is 2.17. The molecule has 1 heterocycles. The van der Waals surface area contributed by atoms with Crippen molar-refractivity contribution in [1.82, 2.24) is 9.88 Å². The number of hydrogen-bond acceptors (Lipinski definition) is 1. The number of aromatic nitrogens is 1. The number of nitrogens with one attached hydrogen (secondary N) is 1. The average molecular weight is 258 g/mol. The van der Waals surface area contributed by atoms with Crippen molar-refractivity contribution in [3.8, 4) is 0 Å². The lowest BCUT2D eigenvalue weighted by atomic mass is 10.0. The number of para-hydroxylation sites is 1. The molecule has 0 radical (unpaired) electrons. The van der Waals surface area contributed by atoms with Gasteiger partial charge >= 0.3 is 0 Å². The molecule has 2 rings (SSSR count). The second kappa shape index (κ2) is 5.79. The van der Waals surface area contributed by atoms with E-state index in [9.17, 15) is 0 Å². The van der Waals surface area contributed by atoms with E-state index in [1.807, 2.05) is 0 Å². The normalized spacial score (nSPS) is 13.4. The molecule has 0 saturated heterocycles. The van der Waals surface area contributed by atoms with Gasteiger partial charge in [-0.2, -0.15) is 0 Å². The van der Waals surface area contributed by atoms with Crippen LogP contribution in [0.1, 0.15) is 38.4 Å². The van der Waals surface area contributed by atoms with Crippen molar-refractivity contribution in [3.63, 3.8) is 0 Å². The molecule has 2 aromatic rings. The predicted molar refractivity (Wildman–Crippen MR) is 83.4 cm³/mol. The highest BCUT2D eigenvalue weighted by Crippen LogP contribution is 2.24. The maximum atomic E-state index is 3.71. The van der Waals surface area contributed by atoms with Gasteiger partial charge in [-0.1, -0.05) is 39.0 Å². The fraction of sp³-hybridized carbons (Fsp3) is 0.529. The van der Waals surface area contributed by atoms with Crippen molar-refractivity contribution in [1.29, 1.82) is 0 Å². The number of hydrogen-bond donors (Lipinski definition) is 1. The van der Waals surface area contributed by atoms with Gasteiger partial charge in [0.2, 0.25) is 0 Å². The van der Waals surface area contributed by atoms with E-state index in [0.717, 1.165) is 6.54 Å². The number of fused-ring (bicyclic) bond motifs is 1. The van der Waals surface area contributed by atoms with Crippen LogP contribution in [-0.4, -0.2) is 10.6 Å². The molecular weight excluding hydrogens is 232 g/mol. The van der Waals surface area contributed by atoms with Crippen molar-refractivity contribution in [2.75, 3.05) is 0 Å². The van der Waals surface area contributed by atoms with Gasteiger partial charge in [0.15, 0.2) is 0 Å². The fourth-order valence-electron chi connectivity index (χ4n) is 2.97. The van der Waals surface area contributed by atoms with Gasteiger partial charge in [-0.3, -0.25) is 0 Å². The van der Waals surface area contributed by atoms with Crippen LogP contribution >= 0.6 is 0 Å². The smallest absolute Gasteiger partial charge is 0.0483 e. The third-order valence-electron chi connectivity index (χ3n) is 4.28. The highest BCUT2D eigenvalue weighted by atomic mass is 15.0. The van der Waals surface area contributed by atoms with Gasteiger partial charge in [0, 0.05) is 36.2 Å². The zero-order valence-electron chi connectivity index (χ0n) is 12.8. The molecule has 19 heavy (non-hydrogen) atoms. The van der Waals surface area contributed by atoms with Crippen LogP contribution < -0.4 is 5.32 Å². The Morgan fingerprint density at radius 2 is 1.89 bits per heavy atom. The largest absolute Gasteiger partial charge is 0.346 e. The first-order valence-electron chi connectivity index (χ1n) is 7.32. The summed E-state index contributed by atoms with van der Waals surface area (Å²) < 4.78 is 2.32. The Balaban J connectivity index is 2.26. The fourth-order valence-corrected chi connectivity index (χ4v) is 2.97. The van der Waals surface area contributed by atoms with E-state index < -0.39 is 0 Å². The molecule has 1 aromatic carbocycles. The lowest BCUT2D eigenvalue weighted by Gasteiger charge is -2.21. The van der Waals surface area contributed by atoms with Crippen molar-refractivity contribution in [2.45, 2.75) is 46.7 Å². The van der Waals surface area contributed by atoms with Crippen LogP contribution in [0.3, 0.4) is 0 Å². The second-order valence-electron chi connectivity index (χ2n) is 5.79. The number of nitrogens with zero attached hydrogens (tertiary/aromatic N) is 1. The Bertz CT molecular complexity index is 513. The van der Waals surface area contributed by atoms with Crippen LogP contribution in [0.2, 0.25) is 0 Å². The topological polar surface area (TPSA) is 17.0 Å². The van der Waals surface area contributed by atoms with E-state index in [1.165, 1.54) is 28.6 Å². The molecule has 0 amide bonds. The third-order valence-corrected chi connectivity index (χ3v) is 4.28. The lowest BCUT2D eigenvalue weighted by Crippen LogP contribution is -2.33. The summed E-state index contributed by atoms with van der Waals surface area (Å²) in [5.74, 6) is 0.681. The van der Waals surface area contributed by atoms with Crippen LogP contribution in [-0.2, 0) is 13.6 Å². The first kappa shape index (κ1) is 14.1. The Labute approximate surface area is 116 Å². The van der Waals surface area contributed by atoms with E-state index in [0.29, 0.717) is 12.0 Å². The Morgan fingerprint density at radius 3 is 2.47 bits per heavy atom. The highest BCUT2D eigenvalue weighted by molar-refractivity contribution is 5.85. The van der Waals surface area contributed by atoms with Crippen molar-refractivity contribution < 1.29 is 0 Å². The van der Waals surface area contributed by atoms with Gasteiger partial charge in [0.25, 0.3) is 0 Å². The Kier molecular flexibility index (Phi) is 4.31. The zero-order valence-corrected chi connectivity index (χ0v) is 12.8. The maximum absolute atomic E-state index is 3.71. The summed E-state index contributed by atoms with van der Waals surface area (Å²) in [6.07, 6.45) is 1.18. The summed E-state index contributed by atoms with van der Waals surface area (Å²) in [4.78, 5) is 0. The van der Waals surface area contributed by atoms with Crippen molar-refractivity contribution >= 4 is 10.9 Å². The third kappa shape index (κ3) is 2.69. The van der Waals surface area contributed by atoms with E-state index in [4.69, 9.17) is 0 Å². The molecular formula is C17H26N2. The Morgan fingerprint density at radius 1 is 1.21 bits per heavy atom. The van der Waals surface area contributed by atoms with Crippen LogP contribution in [0.5, 0.6) is 0 Å². The number of rotatable bonds is 5. The van der Waals surface area contributed by atoms with Crippen LogP contribution in [0.15, 0.2) is 24.3 Å². The van der Waals surface area contributed by atoms with Gasteiger partial charge in [-0.25, -0.2) is 0 Å². The molecule has 1 unspecified atom stereocenters. The number of aryl methyl sites for hydroxylation is 2. The summed E-state index contributed by atoms with van der Waals surface area (Å²) in [6, 6.07) is 9.24. The molecule has 0 aliphatic rings. The highest BCUT2D eigenvalue weighted by Gasteiger charge is 2.14. The summed E-state index contributed by atoms with van der Waals surface area (Å²) in [6.45, 7) is 10.0. The molecule has 0 fully saturated rings. The molecule has 0 aliphatic heterocycles. The molecule has 1 N–H and O–H groups in total. The minimum absolute atomic E-state index is 0.595. The summed E-state index contributed by atoms with van der Waals surface area (Å²) >= 11 is 0. The average Bonchev–Trinajstić information content (AvgIpc) is 2.64. The molecule has 0 saturated carbocycles. The first-order chi connectivity index (χ1) is 9.06. The van der Waals surface area contributed by atoms with Gasteiger partial charge < -0.3 is 9.88 Å². The van der Waals surface area contributed by atoms with E-state index in [2.05, 4.69) is 68.9 Å². The van der Waals surface area contributed by atoms with Gasteiger partial charge in [-0.05, 0) is 30.9 Å². The minimum atomic E-state index is 0.595. The van der Waals surface area contributed by atoms with Crippen LogP contribution in [0.4, 0.5) is 0 Å². The predicted octanol–water partition coefficient (Wildman–Crippen LogP) is 4.01. The van der Waals surface area contributed by atoms with E-state index in [-0.39, 0.29) is 0 Å².